The van der Waals surface area contributed by atoms with Gasteiger partial charge in [0.05, 0.1) is 18.8 Å². The Kier molecular flexibility index (Phi) is 4.52. The Morgan fingerprint density at radius 2 is 1.83 bits per heavy atom. The Morgan fingerprint density at radius 1 is 1.14 bits per heavy atom. The van der Waals surface area contributed by atoms with E-state index < -0.39 is 0 Å². The molecule has 152 valence electrons. The van der Waals surface area contributed by atoms with E-state index in [1.54, 1.807) is 31.1 Å². The van der Waals surface area contributed by atoms with Gasteiger partial charge in [0.2, 0.25) is 11.7 Å². The number of imidazole rings is 1. The third-order valence-electron chi connectivity index (χ3n) is 5.16. The van der Waals surface area contributed by atoms with E-state index in [4.69, 9.17) is 0 Å². The van der Waals surface area contributed by atoms with Gasteiger partial charge >= 0.3 is 0 Å². The molecule has 0 fully saturated rings. The first-order valence-corrected chi connectivity index (χ1v) is 9.41. The van der Waals surface area contributed by atoms with E-state index in [1.807, 2.05) is 6.92 Å². The summed E-state index contributed by atoms with van der Waals surface area (Å²) in [7, 11) is 3.46. The second-order valence-electron chi connectivity index (χ2n) is 7.33. The molecule has 2 aromatic heterocycles. The van der Waals surface area contributed by atoms with Crippen LogP contribution >= 0.6 is 0 Å². The zero-order valence-electron chi connectivity index (χ0n) is 16.5. The number of fused-ring (bicyclic) bond motifs is 3. The number of nitrogens with zero attached hydrogens (tertiary/aromatic N) is 5. The number of hydrogen-bond donors (Lipinski definition) is 1. The monoisotopic (exact) mass is 399 g/mol. The van der Waals surface area contributed by atoms with Crippen LogP contribution < -0.4 is 10.5 Å². The van der Waals surface area contributed by atoms with E-state index in [9.17, 15) is 19.1 Å². The van der Waals surface area contributed by atoms with Crippen molar-refractivity contribution < 1.29 is 14.3 Å². The molecule has 0 aliphatic carbocycles. The quantitative estimate of drug-likeness (QED) is 0.724. The fraction of sp³-hybridized carbons (Fsp3) is 0.350. The molecule has 1 aromatic carbocycles. The number of halogens is 1. The molecule has 3 heterocycles. The van der Waals surface area contributed by atoms with Crippen LogP contribution in [0.3, 0.4) is 0 Å². The summed E-state index contributed by atoms with van der Waals surface area (Å²) in [6.07, 6.45) is 1.01. The number of carbonyl (C=O) groups is 1. The highest BCUT2D eigenvalue weighted by molar-refractivity contribution is 6.00. The van der Waals surface area contributed by atoms with E-state index >= 15 is 0 Å². The van der Waals surface area contributed by atoms with Gasteiger partial charge in [0, 0.05) is 14.1 Å². The lowest BCUT2D eigenvalue weighted by atomic mass is 10.1. The molecule has 9 heteroatoms. The van der Waals surface area contributed by atoms with Crippen LogP contribution in [0.25, 0.3) is 5.78 Å². The summed E-state index contributed by atoms with van der Waals surface area (Å²) >= 11 is 0. The molecule has 0 radical (unpaired) electrons. The molecule has 0 bridgehead atoms. The van der Waals surface area contributed by atoms with Crippen molar-refractivity contribution in [3.8, 4) is 5.88 Å². The molecule has 1 aliphatic rings. The van der Waals surface area contributed by atoms with Crippen LogP contribution in [0.15, 0.2) is 29.1 Å². The van der Waals surface area contributed by atoms with Crippen molar-refractivity contribution in [3.63, 3.8) is 0 Å². The summed E-state index contributed by atoms with van der Waals surface area (Å²) in [6.45, 7) is 2.40. The zero-order chi connectivity index (χ0) is 20.9. The predicted octanol–water partition coefficient (Wildman–Crippen LogP) is 1.82. The first-order chi connectivity index (χ1) is 13.8. The lowest BCUT2D eigenvalue weighted by Gasteiger charge is -2.30. The molecule has 29 heavy (non-hydrogen) atoms. The molecule has 4 rings (SSSR count). The number of amides is 1. The molecular weight excluding hydrogens is 377 g/mol. The average molecular weight is 399 g/mol. The maximum Gasteiger partial charge on any atom is 0.276 e. The fourth-order valence-corrected chi connectivity index (χ4v) is 3.73. The van der Waals surface area contributed by atoms with Crippen LogP contribution in [-0.2, 0) is 13.0 Å². The van der Waals surface area contributed by atoms with E-state index in [-0.39, 0.29) is 46.7 Å². The van der Waals surface area contributed by atoms with Crippen molar-refractivity contribution >= 4 is 17.5 Å². The third kappa shape index (κ3) is 2.93. The van der Waals surface area contributed by atoms with Gasteiger partial charge in [0.15, 0.2) is 11.5 Å². The smallest absolute Gasteiger partial charge is 0.276 e. The van der Waals surface area contributed by atoms with E-state index in [1.165, 1.54) is 26.0 Å². The number of aromatic nitrogens is 3. The minimum absolute atomic E-state index is 0.142. The number of rotatable bonds is 4. The van der Waals surface area contributed by atoms with Gasteiger partial charge in [-0.25, -0.2) is 8.79 Å². The van der Waals surface area contributed by atoms with E-state index in [0.717, 1.165) is 0 Å². The van der Waals surface area contributed by atoms with Gasteiger partial charge in [-0.3, -0.25) is 14.2 Å². The lowest BCUT2D eigenvalue weighted by Crippen LogP contribution is -2.43. The second kappa shape index (κ2) is 6.91. The Hall–Kier alpha value is -3.36. The summed E-state index contributed by atoms with van der Waals surface area (Å²) in [5.41, 5.74) is 0.790. The summed E-state index contributed by atoms with van der Waals surface area (Å²) < 4.78 is 16.1. The van der Waals surface area contributed by atoms with Crippen LogP contribution in [0.1, 0.15) is 35.0 Å². The molecule has 0 saturated carbocycles. The largest absolute Gasteiger partial charge is 0.494 e. The van der Waals surface area contributed by atoms with Crippen LogP contribution in [0, 0.1) is 5.82 Å². The predicted molar refractivity (Wildman–Crippen MR) is 106 cm³/mol. The van der Waals surface area contributed by atoms with Gasteiger partial charge < -0.3 is 14.9 Å². The van der Waals surface area contributed by atoms with Crippen LogP contribution in [-0.4, -0.2) is 50.6 Å². The second-order valence-corrected chi connectivity index (χ2v) is 7.33. The summed E-state index contributed by atoms with van der Waals surface area (Å²) in [5.74, 6) is -0.319. The van der Waals surface area contributed by atoms with Gasteiger partial charge in [0.25, 0.3) is 11.5 Å². The highest BCUT2D eigenvalue weighted by Gasteiger charge is 2.33. The van der Waals surface area contributed by atoms with Gasteiger partial charge in [-0.05, 0) is 24.1 Å². The number of carbonyl (C=O) groups excluding carboxylic acids is 1. The van der Waals surface area contributed by atoms with Crippen molar-refractivity contribution in [2.75, 3.05) is 25.7 Å². The molecule has 1 aliphatic heterocycles. The molecule has 0 atom stereocenters. The molecule has 1 N–H and O–H groups in total. The zero-order valence-corrected chi connectivity index (χ0v) is 16.5. The maximum absolute atomic E-state index is 13.3. The molecule has 0 spiro atoms. The van der Waals surface area contributed by atoms with Crippen LogP contribution in [0.2, 0.25) is 0 Å². The van der Waals surface area contributed by atoms with Gasteiger partial charge in [0.1, 0.15) is 5.82 Å². The van der Waals surface area contributed by atoms with Crippen molar-refractivity contribution in [2.24, 2.45) is 0 Å². The van der Waals surface area contributed by atoms with Crippen molar-refractivity contribution in [1.82, 2.24) is 18.9 Å². The Labute approximate surface area is 166 Å². The molecule has 0 saturated heterocycles. The lowest BCUT2D eigenvalue weighted by molar-refractivity contribution is 0.0776. The van der Waals surface area contributed by atoms with Crippen LogP contribution in [0.5, 0.6) is 5.88 Å². The molecule has 3 aromatic rings. The number of aromatic hydroxyl groups is 1. The third-order valence-corrected chi connectivity index (χ3v) is 5.16. The van der Waals surface area contributed by atoms with Crippen LogP contribution in [0.4, 0.5) is 10.2 Å². The number of benzene rings is 1. The number of anilines is 1. The Bertz CT molecular complexity index is 1170. The van der Waals surface area contributed by atoms with Gasteiger partial charge in [-0.15, -0.1) is 0 Å². The average Bonchev–Trinajstić information content (AvgIpc) is 3.09. The molecule has 1 amide bonds. The van der Waals surface area contributed by atoms with Crippen molar-refractivity contribution in [2.45, 2.75) is 26.3 Å². The Morgan fingerprint density at radius 3 is 2.48 bits per heavy atom. The van der Waals surface area contributed by atoms with Crippen molar-refractivity contribution in [1.29, 1.82) is 0 Å². The standard InChI is InChI=1S/C20H22FN5O3/c1-4-5-14-17(27)25(10-12-6-8-13(21)9-7-12)20-22-16-15(26(20)18(14)28)19(29)24(3)11-23(16)2/h6-9,28H,4-5,10-11H2,1-3H3. The Balaban J connectivity index is 2.03. The molecule has 8 nitrogen and oxygen atoms in total. The fourth-order valence-electron chi connectivity index (χ4n) is 3.73. The molecule has 0 unspecified atom stereocenters. The summed E-state index contributed by atoms with van der Waals surface area (Å²) in [4.78, 5) is 33.9. The minimum atomic E-state index is -0.369. The summed E-state index contributed by atoms with van der Waals surface area (Å²) in [5, 5.41) is 10.9. The van der Waals surface area contributed by atoms with Crippen molar-refractivity contribution in [3.05, 3.63) is 57.3 Å². The number of hydrogen-bond acceptors (Lipinski definition) is 5. The van der Waals surface area contributed by atoms with E-state index in [0.29, 0.717) is 30.9 Å². The SMILES string of the molecule is CCCc1c(O)n2c3c(nc2n(Cc2ccc(F)cc2)c1=O)N(C)CN(C)C3=O. The maximum atomic E-state index is 13.3. The minimum Gasteiger partial charge on any atom is -0.494 e. The first-order valence-electron chi connectivity index (χ1n) is 9.41. The van der Waals surface area contributed by atoms with Gasteiger partial charge in [-0.1, -0.05) is 25.5 Å². The van der Waals surface area contributed by atoms with E-state index in [2.05, 4.69) is 4.98 Å². The summed E-state index contributed by atoms with van der Waals surface area (Å²) in [6, 6.07) is 5.85. The molecular formula is C20H22FN5O3. The highest BCUT2D eigenvalue weighted by atomic mass is 19.1. The van der Waals surface area contributed by atoms with Gasteiger partial charge in [-0.2, -0.15) is 4.98 Å². The normalized spacial score (nSPS) is 14.0. The topological polar surface area (TPSA) is 83.1 Å². The first kappa shape index (κ1) is 19.0. The highest BCUT2D eigenvalue weighted by Crippen LogP contribution is 2.30.